The van der Waals surface area contributed by atoms with E-state index in [9.17, 15) is 9.59 Å². The van der Waals surface area contributed by atoms with Crippen LogP contribution in [0.3, 0.4) is 0 Å². The van der Waals surface area contributed by atoms with Crippen molar-refractivity contribution in [3.05, 3.63) is 107 Å². The van der Waals surface area contributed by atoms with Crippen molar-refractivity contribution in [1.29, 1.82) is 0 Å². The second kappa shape index (κ2) is 8.31. The molecule has 3 aromatic rings. The fourth-order valence-electron chi connectivity index (χ4n) is 3.92. The number of nitrogens with zero attached hydrogens (tertiary/aromatic N) is 1. The minimum atomic E-state index is -0.619. The van der Waals surface area contributed by atoms with Gasteiger partial charge in [-0.05, 0) is 23.6 Å². The number of carbonyl (C=O) groups excluding carboxylic acids is 2. The molecular formula is C25H24N2O2. The van der Waals surface area contributed by atoms with Crippen molar-refractivity contribution in [2.75, 3.05) is 13.1 Å². The number of aryl methyl sites for hydroxylation is 1. The van der Waals surface area contributed by atoms with Crippen molar-refractivity contribution in [1.82, 2.24) is 10.2 Å². The minimum Gasteiger partial charge on any atom is -0.352 e. The van der Waals surface area contributed by atoms with Crippen molar-refractivity contribution in [3.8, 4) is 0 Å². The molecule has 1 fully saturated rings. The summed E-state index contributed by atoms with van der Waals surface area (Å²) in [7, 11) is 0. The normalized spacial score (nSPS) is 16.6. The summed E-state index contributed by atoms with van der Waals surface area (Å²) in [6.45, 7) is 2.96. The zero-order valence-corrected chi connectivity index (χ0v) is 16.4. The van der Waals surface area contributed by atoms with E-state index in [1.807, 2.05) is 91.9 Å². The molecule has 2 amide bonds. The summed E-state index contributed by atoms with van der Waals surface area (Å²) in [6, 6.07) is 26.8. The zero-order valence-electron chi connectivity index (χ0n) is 16.4. The topological polar surface area (TPSA) is 49.4 Å². The van der Waals surface area contributed by atoms with E-state index in [2.05, 4.69) is 5.32 Å². The fourth-order valence-corrected chi connectivity index (χ4v) is 3.92. The first-order valence-corrected chi connectivity index (χ1v) is 9.90. The van der Waals surface area contributed by atoms with E-state index in [0.29, 0.717) is 13.1 Å². The molecule has 0 aliphatic carbocycles. The van der Waals surface area contributed by atoms with Crippen LogP contribution in [0.2, 0.25) is 0 Å². The van der Waals surface area contributed by atoms with E-state index in [-0.39, 0.29) is 11.8 Å². The van der Waals surface area contributed by atoms with E-state index < -0.39 is 12.0 Å². The minimum absolute atomic E-state index is 0.0529. The van der Waals surface area contributed by atoms with Crippen LogP contribution >= 0.6 is 0 Å². The first-order chi connectivity index (χ1) is 14.1. The second-order valence-electron chi connectivity index (χ2n) is 7.39. The van der Waals surface area contributed by atoms with Crippen LogP contribution in [0.25, 0.3) is 0 Å². The van der Waals surface area contributed by atoms with Gasteiger partial charge in [0, 0.05) is 13.1 Å². The number of hydrogen-bond acceptors (Lipinski definition) is 2. The van der Waals surface area contributed by atoms with Crippen LogP contribution in [0.5, 0.6) is 0 Å². The Balaban J connectivity index is 1.75. The van der Waals surface area contributed by atoms with Gasteiger partial charge in [0.2, 0.25) is 11.8 Å². The maximum absolute atomic E-state index is 13.8. The molecule has 4 rings (SSSR count). The van der Waals surface area contributed by atoms with Gasteiger partial charge in [0.1, 0.15) is 6.04 Å². The van der Waals surface area contributed by atoms with Gasteiger partial charge in [0.25, 0.3) is 0 Å². The summed E-state index contributed by atoms with van der Waals surface area (Å²) in [5.41, 5.74) is 3.81. The first-order valence-electron chi connectivity index (χ1n) is 9.90. The van der Waals surface area contributed by atoms with Crippen molar-refractivity contribution < 1.29 is 9.59 Å². The highest BCUT2D eigenvalue weighted by atomic mass is 16.2. The smallest absolute Gasteiger partial charge is 0.247 e. The molecule has 0 bridgehead atoms. The van der Waals surface area contributed by atoms with Crippen LogP contribution in [-0.2, 0) is 9.59 Å². The van der Waals surface area contributed by atoms with E-state index in [4.69, 9.17) is 0 Å². The third-order valence-electron chi connectivity index (χ3n) is 5.40. The number of carbonyl (C=O) groups is 2. The highest BCUT2D eigenvalue weighted by Gasteiger charge is 2.38. The van der Waals surface area contributed by atoms with Gasteiger partial charge in [0.05, 0.1) is 5.92 Å². The Kier molecular flexibility index (Phi) is 5.43. The average molecular weight is 384 g/mol. The van der Waals surface area contributed by atoms with Gasteiger partial charge in [-0.1, -0.05) is 90.5 Å². The monoisotopic (exact) mass is 384 g/mol. The Morgan fingerprint density at radius 1 is 0.897 bits per heavy atom. The Hall–Kier alpha value is -3.40. The zero-order chi connectivity index (χ0) is 20.2. The van der Waals surface area contributed by atoms with Crippen LogP contribution in [0.4, 0.5) is 0 Å². The van der Waals surface area contributed by atoms with Gasteiger partial charge in [-0.3, -0.25) is 9.59 Å². The summed E-state index contributed by atoms with van der Waals surface area (Å²) in [4.78, 5) is 28.4. The van der Waals surface area contributed by atoms with Crippen molar-refractivity contribution in [3.63, 3.8) is 0 Å². The highest BCUT2D eigenvalue weighted by molar-refractivity contribution is 5.94. The molecule has 1 saturated heterocycles. The molecule has 4 heteroatoms. The molecule has 1 atom stereocenters. The molecule has 1 unspecified atom stereocenters. The molecule has 146 valence electrons. The van der Waals surface area contributed by atoms with Crippen molar-refractivity contribution in [2.24, 2.45) is 0 Å². The van der Waals surface area contributed by atoms with E-state index >= 15 is 0 Å². The molecule has 29 heavy (non-hydrogen) atoms. The Labute approximate surface area is 171 Å². The lowest BCUT2D eigenvalue weighted by Gasteiger charge is -2.37. The van der Waals surface area contributed by atoms with E-state index in [1.165, 1.54) is 0 Å². The Morgan fingerprint density at radius 3 is 2.00 bits per heavy atom. The van der Waals surface area contributed by atoms with Crippen LogP contribution in [-0.4, -0.2) is 29.8 Å². The van der Waals surface area contributed by atoms with Gasteiger partial charge in [-0.2, -0.15) is 0 Å². The SMILES string of the molecule is Cc1ccc(C2C(=O)NCCN2C(=O)C(c2ccccc2)c2ccccc2)cc1. The molecule has 0 spiro atoms. The Morgan fingerprint density at radius 2 is 1.45 bits per heavy atom. The molecule has 1 aliphatic heterocycles. The predicted octanol–water partition coefficient (Wildman–Crippen LogP) is 3.83. The van der Waals surface area contributed by atoms with Gasteiger partial charge in [-0.15, -0.1) is 0 Å². The standard InChI is InChI=1S/C25H24N2O2/c1-18-12-14-21(15-13-18)23-24(28)26-16-17-27(23)25(29)22(19-8-4-2-5-9-19)20-10-6-3-7-11-20/h2-15,22-23H,16-17H2,1H3,(H,26,28). The van der Waals surface area contributed by atoms with Crippen LogP contribution < -0.4 is 5.32 Å². The number of piperazine rings is 1. The summed E-state index contributed by atoms with van der Waals surface area (Å²) in [6.07, 6.45) is 0. The number of amides is 2. The molecule has 1 aliphatic rings. The molecule has 1 N–H and O–H groups in total. The molecule has 4 nitrogen and oxygen atoms in total. The average Bonchev–Trinajstić information content (AvgIpc) is 2.76. The second-order valence-corrected chi connectivity index (χ2v) is 7.39. The lowest BCUT2D eigenvalue weighted by Crippen LogP contribution is -2.53. The number of hydrogen-bond donors (Lipinski definition) is 1. The molecule has 0 saturated carbocycles. The maximum Gasteiger partial charge on any atom is 0.247 e. The first kappa shape index (κ1) is 18.9. The maximum atomic E-state index is 13.8. The Bertz CT molecular complexity index is 945. The fraction of sp³-hybridized carbons (Fsp3) is 0.200. The van der Waals surface area contributed by atoms with Crippen molar-refractivity contribution in [2.45, 2.75) is 18.9 Å². The van der Waals surface area contributed by atoms with Gasteiger partial charge < -0.3 is 10.2 Å². The third kappa shape index (κ3) is 3.92. The quantitative estimate of drug-likeness (QED) is 0.743. The summed E-state index contributed by atoms with van der Waals surface area (Å²) < 4.78 is 0. The van der Waals surface area contributed by atoms with Crippen LogP contribution in [0.1, 0.15) is 34.2 Å². The third-order valence-corrected chi connectivity index (χ3v) is 5.40. The predicted molar refractivity (Wildman–Crippen MR) is 113 cm³/mol. The van der Waals surface area contributed by atoms with Gasteiger partial charge in [0.15, 0.2) is 0 Å². The summed E-state index contributed by atoms with van der Waals surface area (Å²) >= 11 is 0. The van der Waals surface area contributed by atoms with Gasteiger partial charge in [-0.25, -0.2) is 0 Å². The molecule has 0 radical (unpaired) electrons. The molecule has 1 heterocycles. The number of rotatable bonds is 4. The van der Waals surface area contributed by atoms with E-state index in [0.717, 1.165) is 22.3 Å². The number of nitrogens with one attached hydrogen (secondary N) is 1. The largest absolute Gasteiger partial charge is 0.352 e. The summed E-state index contributed by atoms with van der Waals surface area (Å²) in [5.74, 6) is -0.632. The molecule has 3 aromatic carbocycles. The lowest BCUT2D eigenvalue weighted by atomic mass is 9.88. The molecular weight excluding hydrogens is 360 g/mol. The van der Waals surface area contributed by atoms with Crippen LogP contribution in [0.15, 0.2) is 84.9 Å². The van der Waals surface area contributed by atoms with E-state index in [1.54, 1.807) is 4.90 Å². The molecule has 0 aromatic heterocycles. The highest BCUT2D eigenvalue weighted by Crippen LogP contribution is 2.32. The van der Waals surface area contributed by atoms with Crippen LogP contribution in [0, 0.1) is 6.92 Å². The lowest BCUT2D eigenvalue weighted by molar-refractivity contribution is -0.144. The summed E-state index contributed by atoms with van der Waals surface area (Å²) in [5, 5.41) is 2.92. The number of benzene rings is 3. The van der Waals surface area contributed by atoms with Crippen molar-refractivity contribution >= 4 is 11.8 Å². The van der Waals surface area contributed by atoms with Gasteiger partial charge >= 0.3 is 0 Å².